The summed E-state index contributed by atoms with van der Waals surface area (Å²) in [7, 11) is 1.85. The summed E-state index contributed by atoms with van der Waals surface area (Å²) < 4.78 is 33.1. The molecule has 1 saturated heterocycles. The Kier molecular flexibility index (Phi) is 5.86. The predicted molar refractivity (Wildman–Crippen MR) is 91.7 cm³/mol. The van der Waals surface area contributed by atoms with E-state index < -0.39 is 17.2 Å². The van der Waals surface area contributed by atoms with Gasteiger partial charge in [0.1, 0.15) is 17.2 Å². The molecule has 1 fully saturated rings. The van der Waals surface area contributed by atoms with Crippen molar-refractivity contribution in [3.8, 4) is 0 Å². The maximum absolute atomic E-state index is 14.0. The van der Waals surface area contributed by atoms with E-state index in [1.807, 2.05) is 32.7 Å². The largest absolute Gasteiger partial charge is 0.444 e. The van der Waals surface area contributed by atoms with E-state index in [4.69, 9.17) is 4.74 Å². The Bertz CT molecular complexity index is 619. The SMILES string of the molecule is CN(Cc1c(F)ccc(F)c1Br)[C@H]1CCN(C(=O)OC(C)(C)C)C1. The molecule has 1 atom stereocenters. The van der Waals surface area contributed by atoms with Crippen LogP contribution in [-0.2, 0) is 11.3 Å². The van der Waals surface area contributed by atoms with Crippen LogP contribution in [0.3, 0.4) is 0 Å². The molecule has 0 spiro atoms. The van der Waals surface area contributed by atoms with Crippen LogP contribution in [0.15, 0.2) is 16.6 Å². The number of likely N-dealkylation sites (tertiary alicyclic amines) is 1. The normalized spacial score (nSPS) is 18.3. The number of benzene rings is 1. The fraction of sp³-hybridized carbons (Fsp3) is 0.588. The first-order chi connectivity index (χ1) is 11.1. The van der Waals surface area contributed by atoms with Gasteiger partial charge in [0.15, 0.2) is 0 Å². The number of ether oxygens (including phenoxy) is 1. The summed E-state index contributed by atoms with van der Waals surface area (Å²) >= 11 is 3.11. The van der Waals surface area contributed by atoms with Crippen molar-refractivity contribution in [2.45, 2.75) is 45.4 Å². The van der Waals surface area contributed by atoms with Crippen molar-refractivity contribution < 1.29 is 18.3 Å². The number of carbonyl (C=O) groups is 1. The van der Waals surface area contributed by atoms with Crippen molar-refractivity contribution in [2.24, 2.45) is 0 Å². The molecule has 0 unspecified atom stereocenters. The molecule has 1 heterocycles. The lowest BCUT2D eigenvalue weighted by Crippen LogP contribution is -2.39. The highest BCUT2D eigenvalue weighted by molar-refractivity contribution is 9.10. The summed E-state index contributed by atoms with van der Waals surface area (Å²) in [6, 6.07) is 2.31. The molecule has 0 saturated carbocycles. The molecule has 1 aliphatic heterocycles. The molecule has 0 aromatic heterocycles. The van der Waals surface area contributed by atoms with Gasteiger partial charge in [0.2, 0.25) is 0 Å². The van der Waals surface area contributed by atoms with E-state index in [-0.39, 0.29) is 28.7 Å². The van der Waals surface area contributed by atoms with Crippen LogP contribution in [0.2, 0.25) is 0 Å². The second-order valence-corrected chi connectivity index (χ2v) is 7.90. The molecule has 24 heavy (non-hydrogen) atoms. The molecule has 1 aliphatic rings. The summed E-state index contributed by atoms with van der Waals surface area (Å²) in [5, 5.41) is 0. The number of hydrogen-bond acceptors (Lipinski definition) is 3. The van der Waals surface area contributed by atoms with Crippen molar-refractivity contribution in [1.29, 1.82) is 0 Å². The number of nitrogens with zero attached hydrogens (tertiary/aromatic N) is 2. The molecule has 1 aromatic carbocycles. The number of carbonyl (C=O) groups excluding carboxylic acids is 1. The molecular formula is C17H23BrF2N2O2. The maximum Gasteiger partial charge on any atom is 0.410 e. The standard InChI is InChI=1S/C17H23BrF2N2O2/c1-17(2,3)24-16(23)22-8-7-11(9-22)21(4)10-12-13(19)5-6-14(20)15(12)18/h5-6,11H,7-10H2,1-4H3/t11-/m0/s1. The van der Waals surface area contributed by atoms with Gasteiger partial charge in [-0.2, -0.15) is 0 Å². The molecule has 1 amide bonds. The van der Waals surface area contributed by atoms with Crippen LogP contribution >= 0.6 is 15.9 Å². The second kappa shape index (κ2) is 7.35. The molecule has 134 valence electrons. The highest BCUT2D eigenvalue weighted by atomic mass is 79.9. The van der Waals surface area contributed by atoms with E-state index in [1.165, 1.54) is 0 Å². The summed E-state index contributed by atoms with van der Waals surface area (Å²) in [5.74, 6) is -0.932. The average molecular weight is 405 g/mol. The second-order valence-electron chi connectivity index (χ2n) is 7.11. The van der Waals surface area contributed by atoms with Crippen LogP contribution in [-0.4, -0.2) is 47.7 Å². The number of halogens is 3. The smallest absolute Gasteiger partial charge is 0.410 e. The fourth-order valence-electron chi connectivity index (χ4n) is 2.69. The van der Waals surface area contributed by atoms with Crippen molar-refractivity contribution in [2.75, 3.05) is 20.1 Å². The lowest BCUT2D eigenvalue weighted by molar-refractivity contribution is 0.0282. The molecule has 0 N–H and O–H groups in total. The molecule has 0 radical (unpaired) electrons. The monoisotopic (exact) mass is 404 g/mol. The Morgan fingerprint density at radius 2 is 2.00 bits per heavy atom. The summed E-state index contributed by atoms with van der Waals surface area (Å²) in [6.07, 6.45) is 0.432. The van der Waals surface area contributed by atoms with E-state index in [9.17, 15) is 13.6 Å². The van der Waals surface area contributed by atoms with E-state index in [1.54, 1.807) is 4.90 Å². The van der Waals surface area contributed by atoms with Gasteiger partial charge in [-0.15, -0.1) is 0 Å². The minimum atomic E-state index is -0.531. The first kappa shape index (κ1) is 19.1. The number of rotatable bonds is 3. The average Bonchev–Trinajstić information content (AvgIpc) is 2.96. The van der Waals surface area contributed by atoms with Gasteiger partial charge in [0.25, 0.3) is 0 Å². The Balaban J connectivity index is 1.99. The van der Waals surface area contributed by atoms with Crippen LogP contribution in [0.5, 0.6) is 0 Å². The topological polar surface area (TPSA) is 32.8 Å². The molecular weight excluding hydrogens is 382 g/mol. The van der Waals surface area contributed by atoms with Crippen molar-refractivity contribution in [3.63, 3.8) is 0 Å². The third kappa shape index (κ3) is 4.66. The summed E-state index contributed by atoms with van der Waals surface area (Å²) in [4.78, 5) is 15.7. The molecule has 0 aliphatic carbocycles. The van der Waals surface area contributed by atoms with Gasteiger partial charge in [0.05, 0.1) is 4.47 Å². The van der Waals surface area contributed by atoms with Crippen LogP contribution in [0.4, 0.5) is 13.6 Å². The zero-order valence-electron chi connectivity index (χ0n) is 14.4. The molecule has 7 heteroatoms. The maximum atomic E-state index is 14.0. The zero-order chi connectivity index (χ0) is 18.1. The van der Waals surface area contributed by atoms with Crippen LogP contribution < -0.4 is 0 Å². The van der Waals surface area contributed by atoms with Crippen molar-refractivity contribution in [1.82, 2.24) is 9.80 Å². The fourth-order valence-corrected chi connectivity index (χ4v) is 3.13. The first-order valence-corrected chi connectivity index (χ1v) is 8.68. The summed E-state index contributed by atoms with van der Waals surface area (Å²) in [5.41, 5.74) is -0.246. The molecule has 1 aromatic rings. The van der Waals surface area contributed by atoms with Crippen LogP contribution in [0.25, 0.3) is 0 Å². The number of likely N-dealkylation sites (N-methyl/N-ethyl adjacent to an activating group) is 1. The first-order valence-electron chi connectivity index (χ1n) is 7.89. The highest BCUT2D eigenvalue weighted by Crippen LogP contribution is 2.26. The molecule has 2 rings (SSSR count). The van der Waals surface area contributed by atoms with E-state index in [0.29, 0.717) is 13.1 Å². The highest BCUT2D eigenvalue weighted by Gasteiger charge is 2.32. The van der Waals surface area contributed by atoms with Gasteiger partial charge in [-0.1, -0.05) is 0 Å². The number of hydrogen-bond donors (Lipinski definition) is 0. The quantitative estimate of drug-likeness (QED) is 0.708. The summed E-state index contributed by atoms with van der Waals surface area (Å²) in [6.45, 7) is 6.85. The van der Waals surface area contributed by atoms with E-state index >= 15 is 0 Å². The van der Waals surface area contributed by atoms with Crippen LogP contribution in [0.1, 0.15) is 32.8 Å². The minimum Gasteiger partial charge on any atom is -0.444 e. The van der Waals surface area contributed by atoms with Crippen molar-refractivity contribution >= 4 is 22.0 Å². The van der Waals surface area contributed by atoms with Gasteiger partial charge >= 0.3 is 6.09 Å². The van der Waals surface area contributed by atoms with Gasteiger partial charge in [-0.05, 0) is 62.3 Å². The Morgan fingerprint density at radius 3 is 2.62 bits per heavy atom. The van der Waals surface area contributed by atoms with Gasteiger partial charge in [0, 0.05) is 31.2 Å². The lowest BCUT2D eigenvalue weighted by Gasteiger charge is -2.27. The third-order valence-electron chi connectivity index (χ3n) is 3.98. The Morgan fingerprint density at radius 1 is 1.38 bits per heavy atom. The van der Waals surface area contributed by atoms with E-state index in [2.05, 4.69) is 15.9 Å². The Labute approximate surface area is 149 Å². The zero-order valence-corrected chi connectivity index (χ0v) is 16.0. The van der Waals surface area contributed by atoms with Gasteiger partial charge in [-0.25, -0.2) is 13.6 Å². The molecule has 4 nitrogen and oxygen atoms in total. The van der Waals surface area contributed by atoms with E-state index in [0.717, 1.165) is 18.6 Å². The van der Waals surface area contributed by atoms with Gasteiger partial charge in [-0.3, -0.25) is 4.90 Å². The third-order valence-corrected chi connectivity index (χ3v) is 4.84. The van der Waals surface area contributed by atoms with Crippen molar-refractivity contribution in [3.05, 3.63) is 33.8 Å². The Hall–Kier alpha value is -1.21. The minimum absolute atomic E-state index is 0.0760. The molecule has 0 bridgehead atoms. The van der Waals surface area contributed by atoms with Gasteiger partial charge < -0.3 is 9.64 Å². The lowest BCUT2D eigenvalue weighted by atomic mass is 10.1. The predicted octanol–water partition coefficient (Wildman–Crippen LogP) is 4.17. The number of amides is 1. The van der Waals surface area contributed by atoms with Crippen LogP contribution in [0, 0.1) is 11.6 Å².